The van der Waals surface area contributed by atoms with E-state index in [1.165, 1.54) is 0 Å². The molecule has 3 aromatic rings. The lowest BCUT2D eigenvalue weighted by molar-refractivity contribution is 0.251. The SMILES string of the molecule is O=C(NCc1ccc(OCc2cccnc2)cc1)Nc1cccnc1Cl. The van der Waals surface area contributed by atoms with Crippen molar-refractivity contribution in [1.82, 2.24) is 15.3 Å². The Morgan fingerprint density at radius 1 is 1.04 bits per heavy atom. The summed E-state index contributed by atoms with van der Waals surface area (Å²) in [6, 6.07) is 14.4. The second kappa shape index (κ2) is 8.82. The van der Waals surface area contributed by atoms with E-state index >= 15 is 0 Å². The quantitative estimate of drug-likeness (QED) is 0.644. The fourth-order valence-electron chi connectivity index (χ4n) is 2.18. The van der Waals surface area contributed by atoms with E-state index in [2.05, 4.69) is 20.6 Å². The number of anilines is 1. The number of ether oxygens (including phenoxy) is 1. The highest BCUT2D eigenvalue weighted by Crippen LogP contribution is 2.17. The fraction of sp³-hybridized carbons (Fsp3) is 0.105. The molecule has 2 amide bonds. The molecule has 132 valence electrons. The van der Waals surface area contributed by atoms with E-state index in [1.54, 1.807) is 30.7 Å². The van der Waals surface area contributed by atoms with Gasteiger partial charge < -0.3 is 15.4 Å². The highest BCUT2D eigenvalue weighted by Gasteiger charge is 2.05. The highest BCUT2D eigenvalue weighted by molar-refractivity contribution is 6.32. The van der Waals surface area contributed by atoms with Crippen LogP contribution in [0.15, 0.2) is 67.1 Å². The van der Waals surface area contributed by atoms with Crippen molar-refractivity contribution in [2.24, 2.45) is 0 Å². The lowest BCUT2D eigenvalue weighted by atomic mass is 10.2. The number of amides is 2. The summed E-state index contributed by atoms with van der Waals surface area (Å²) in [7, 11) is 0. The van der Waals surface area contributed by atoms with Crippen LogP contribution in [0.5, 0.6) is 5.75 Å². The van der Waals surface area contributed by atoms with E-state index in [0.717, 1.165) is 16.9 Å². The van der Waals surface area contributed by atoms with Crippen LogP contribution in [0.4, 0.5) is 10.5 Å². The van der Waals surface area contributed by atoms with Crippen molar-refractivity contribution in [2.75, 3.05) is 5.32 Å². The molecule has 6 nitrogen and oxygen atoms in total. The number of carbonyl (C=O) groups is 1. The molecular weight excluding hydrogens is 352 g/mol. The lowest BCUT2D eigenvalue weighted by Crippen LogP contribution is -2.28. The zero-order chi connectivity index (χ0) is 18.2. The van der Waals surface area contributed by atoms with Crippen LogP contribution < -0.4 is 15.4 Å². The third-order valence-electron chi connectivity index (χ3n) is 3.51. The molecule has 1 aromatic carbocycles. The maximum atomic E-state index is 11.9. The van der Waals surface area contributed by atoms with Crippen LogP contribution in [-0.4, -0.2) is 16.0 Å². The summed E-state index contributed by atoms with van der Waals surface area (Å²) >= 11 is 5.91. The summed E-state index contributed by atoms with van der Waals surface area (Å²) in [5.74, 6) is 0.754. The summed E-state index contributed by atoms with van der Waals surface area (Å²) < 4.78 is 5.70. The molecule has 2 N–H and O–H groups in total. The third-order valence-corrected chi connectivity index (χ3v) is 3.81. The number of urea groups is 1. The molecule has 0 bridgehead atoms. The monoisotopic (exact) mass is 368 g/mol. The Kier molecular flexibility index (Phi) is 6.01. The van der Waals surface area contributed by atoms with Gasteiger partial charge in [0.15, 0.2) is 5.15 Å². The first-order chi connectivity index (χ1) is 12.7. The van der Waals surface area contributed by atoms with E-state index < -0.39 is 0 Å². The molecule has 0 aliphatic rings. The minimum absolute atomic E-state index is 0.248. The van der Waals surface area contributed by atoms with Crippen molar-refractivity contribution in [1.29, 1.82) is 0 Å². The molecule has 7 heteroatoms. The smallest absolute Gasteiger partial charge is 0.319 e. The first-order valence-corrected chi connectivity index (χ1v) is 8.34. The Bertz CT molecular complexity index is 857. The predicted octanol–water partition coefficient (Wildman–Crippen LogP) is 4.03. The van der Waals surface area contributed by atoms with Crippen LogP contribution in [0, 0.1) is 0 Å². The van der Waals surface area contributed by atoms with Crippen molar-refractivity contribution < 1.29 is 9.53 Å². The van der Waals surface area contributed by atoms with E-state index in [9.17, 15) is 4.79 Å². The van der Waals surface area contributed by atoms with Gasteiger partial charge in [-0.2, -0.15) is 0 Å². The number of aromatic nitrogens is 2. The summed E-state index contributed by atoms with van der Waals surface area (Å²) in [5, 5.41) is 5.67. The van der Waals surface area contributed by atoms with Crippen molar-refractivity contribution in [3.8, 4) is 5.75 Å². The number of carbonyl (C=O) groups excluding carboxylic acids is 1. The molecule has 0 unspecified atom stereocenters. The maximum absolute atomic E-state index is 11.9. The molecule has 2 aromatic heterocycles. The Labute approximate surface area is 156 Å². The molecule has 0 atom stereocenters. The van der Waals surface area contributed by atoms with E-state index in [1.807, 2.05) is 36.4 Å². The molecule has 2 heterocycles. The molecule has 0 radical (unpaired) electrons. The van der Waals surface area contributed by atoms with Gasteiger partial charge >= 0.3 is 6.03 Å². The van der Waals surface area contributed by atoms with Crippen LogP contribution >= 0.6 is 11.6 Å². The standard InChI is InChI=1S/C19H17ClN4O2/c20-18-17(4-2-10-22-18)24-19(25)23-12-14-5-7-16(8-6-14)26-13-15-3-1-9-21-11-15/h1-11H,12-13H2,(H2,23,24,25). The van der Waals surface area contributed by atoms with Gasteiger partial charge in [-0.1, -0.05) is 29.8 Å². The largest absolute Gasteiger partial charge is 0.489 e. The van der Waals surface area contributed by atoms with Crippen LogP contribution in [-0.2, 0) is 13.2 Å². The number of benzene rings is 1. The molecule has 3 rings (SSSR count). The van der Waals surface area contributed by atoms with Crippen molar-refractivity contribution in [3.63, 3.8) is 0 Å². The van der Waals surface area contributed by atoms with E-state index in [0.29, 0.717) is 18.8 Å². The molecule has 0 saturated heterocycles. The van der Waals surface area contributed by atoms with Crippen LogP contribution in [0.25, 0.3) is 0 Å². The fourth-order valence-corrected chi connectivity index (χ4v) is 2.35. The number of nitrogens with zero attached hydrogens (tertiary/aromatic N) is 2. The zero-order valence-electron chi connectivity index (χ0n) is 13.9. The molecule has 26 heavy (non-hydrogen) atoms. The molecule has 0 spiro atoms. The Morgan fingerprint density at radius 2 is 1.85 bits per heavy atom. The van der Waals surface area contributed by atoms with Gasteiger partial charge in [0.2, 0.25) is 0 Å². The highest BCUT2D eigenvalue weighted by atomic mass is 35.5. The van der Waals surface area contributed by atoms with Crippen molar-refractivity contribution in [2.45, 2.75) is 13.2 Å². The molecule has 0 saturated carbocycles. The maximum Gasteiger partial charge on any atom is 0.319 e. The second-order valence-electron chi connectivity index (χ2n) is 5.44. The topological polar surface area (TPSA) is 76.1 Å². The van der Waals surface area contributed by atoms with Gasteiger partial charge in [-0.3, -0.25) is 4.98 Å². The van der Waals surface area contributed by atoms with Crippen molar-refractivity contribution >= 4 is 23.3 Å². The summed E-state index contributed by atoms with van der Waals surface area (Å²) in [6.07, 6.45) is 5.05. The van der Waals surface area contributed by atoms with Gasteiger partial charge in [-0.15, -0.1) is 0 Å². The second-order valence-corrected chi connectivity index (χ2v) is 5.80. The summed E-state index contributed by atoms with van der Waals surface area (Å²) in [5.41, 5.74) is 2.42. The van der Waals surface area contributed by atoms with Crippen LogP contribution in [0.1, 0.15) is 11.1 Å². The van der Waals surface area contributed by atoms with Crippen LogP contribution in [0.2, 0.25) is 5.15 Å². The molecule has 0 aliphatic heterocycles. The number of rotatable bonds is 6. The zero-order valence-corrected chi connectivity index (χ0v) is 14.6. The first kappa shape index (κ1) is 17.7. The average molecular weight is 369 g/mol. The Morgan fingerprint density at radius 3 is 2.58 bits per heavy atom. The lowest BCUT2D eigenvalue weighted by Gasteiger charge is -2.09. The summed E-state index contributed by atoms with van der Waals surface area (Å²) in [4.78, 5) is 19.9. The number of halogens is 1. The van der Waals surface area contributed by atoms with E-state index in [-0.39, 0.29) is 11.2 Å². The minimum Gasteiger partial charge on any atom is -0.489 e. The number of hydrogen-bond donors (Lipinski definition) is 2. The van der Waals surface area contributed by atoms with Gasteiger partial charge in [0.05, 0.1) is 5.69 Å². The number of pyridine rings is 2. The predicted molar refractivity (Wildman–Crippen MR) is 100 cm³/mol. The summed E-state index contributed by atoms with van der Waals surface area (Å²) in [6.45, 7) is 0.840. The molecule has 0 fully saturated rings. The third kappa shape index (κ3) is 5.19. The first-order valence-electron chi connectivity index (χ1n) is 7.97. The van der Waals surface area contributed by atoms with Crippen LogP contribution in [0.3, 0.4) is 0 Å². The Balaban J connectivity index is 1.46. The number of nitrogens with one attached hydrogen (secondary N) is 2. The molecule has 0 aliphatic carbocycles. The van der Waals surface area contributed by atoms with E-state index in [4.69, 9.17) is 16.3 Å². The van der Waals surface area contributed by atoms with Gasteiger partial charge in [-0.25, -0.2) is 9.78 Å². The van der Waals surface area contributed by atoms with Gasteiger partial charge in [-0.05, 0) is 35.9 Å². The van der Waals surface area contributed by atoms with Gasteiger partial charge in [0, 0.05) is 30.7 Å². The number of hydrogen-bond acceptors (Lipinski definition) is 4. The van der Waals surface area contributed by atoms with Gasteiger partial charge in [0.25, 0.3) is 0 Å². The normalized spacial score (nSPS) is 10.2. The average Bonchev–Trinajstić information content (AvgIpc) is 2.68. The molecular formula is C19H17ClN4O2. The van der Waals surface area contributed by atoms with Gasteiger partial charge in [0.1, 0.15) is 12.4 Å². The Hall–Kier alpha value is -3.12. The minimum atomic E-state index is -0.350. The van der Waals surface area contributed by atoms with Crippen molar-refractivity contribution in [3.05, 3.63) is 83.4 Å².